The number of alkyl halides is 3. The standard InChI is InChI=1S/C29H32F3N8O4P/c1-28(2)15-40-13-18(11-35-40)20-8-9-22(24(36-20)26(41)33-3)37-25-19(29(30,31)32)12-34-27(39-25)38-21-7-6-17(10-23(21)43-4)14-45(5,42)44-16-28/h6-13H,14-16H2,1-5H3,(H,33,41)(H2,34,37,38,39)/t45-/m0/s1. The molecule has 45 heavy (non-hydrogen) atoms. The first-order chi connectivity index (χ1) is 21.2. The molecule has 0 radical (unpaired) electrons. The summed E-state index contributed by atoms with van der Waals surface area (Å²) in [5, 5.41) is 12.4. The van der Waals surface area contributed by atoms with E-state index in [2.05, 4.69) is 36.0 Å². The minimum atomic E-state index is -4.82. The van der Waals surface area contributed by atoms with Gasteiger partial charge in [0.1, 0.15) is 17.1 Å². The van der Waals surface area contributed by atoms with E-state index in [0.29, 0.717) is 41.0 Å². The average molecular weight is 645 g/mol. The molecule has 4 aromatic rings. The first kappa shape index (κ1) is 31.9. The molecule has 16 heteroatoms. The van der Waals surface area contributed by atoms with E-state index in [-0.39, 0.29) is 30.1 Å². The summed E-state index contributed by atoms with van der Waals surface area (Å²) in [6.07, 6.45) is -0.740. The van der Waals surface area contributed by atoms with Gasteiger partial charge in [0, 0.05) is 49.8 Å². The number of hydrogen-bond acceptors (Lipinski definition) is 10. The van der Waals surface area contributed by atoms with Gasteiger partial charge in [0.25, 0.3) is 5.91 Å². The van der Waals surface area contributed by atoms with Crippen molar-refractivity contribution >= 4 is 36.4 Å². The number of pyridine rings is 1. The Morgan fingerprint density at radius 1 is 1.13 bits per heavy atom. The number of ether oxygens (including phenoxy) is 1. The number of anilines is 4. The number of amides is 1. The molecule has 1 aromatic carbocycles. The molecule has 4 aliphatic rings. The van der Waals surface area contributed by atoms with Gasteiger partial charge in [-0.05, 0) is 29.8 Å². The van der Waals surface area contributed by atoms with Crippen LogP contribution >= 0.6 is 7.37 Å². The Kier molecular flexibility index (Phi) is 8.60. The number of carbonyl (C=O) groups excluding carboxylic acids is 1. The van der Waals surface area contributed by atoms with E-state index in [1.54, 1.807) is 48.0 Å². The zero-order chi connectivity index (χ0) is 32.6. The summed E-state index contributed by atoms with van der Waals surface area (Å²) < 4.78 is 68.7. The second-order valence-corrected chi connectivity index (χ2v) is 14.0. The molecule has 0 saturated carbocycles. The predicted molar refractivity (Wildman–Crippen MR) is 162 cm³/mol. The summed E-state index contributed by atoms with van der Waals surface area (Å²) in [5.74, 6) is -1.08. The van der Waals surface area contributed by atoms with Crippen LogP contribution in [0.1, 0.15) is 35.5 Å². The average Bonchev–Trinajstić information content (AvgIpc) is 3.43. The molecule has 8 rings (SSSR count). The zero-order valence-corrected chi connectivity index (χ0v) is 26.1. The highest BCUT2D eigenvalue weighted by molar-refractivity contribution is 7.57. The summed E-state index contributed by atoms with van der Waals surface area (Å²) in [6.45, 7) is 6.10. The quantitative estimate of drug-likeness (QED) is 0.220. The number of nitrogens with zero attached hydrogens (tertiary/aromatic N) is 5. The van der Waals surface area contributed by atoms with E-state index in [4.69, 9.17) is 9.26 Å². The fraction of sp³-hybridized carbons (Fsp3) is 0.345. The first-order valence-electron chi connectivity index (χ1n) is 13.8. The molecule has 12 nitrogen and oxygen atoms in total. The van der Waals surface area contributed by atoms with Gasteiger partial charge in [0.15, 0.2) is 5.69 Å². The number of aromatic nitrogens is 5. The van der Waals surface area contributed by atoms with Gasteiger partial charge in [-0.1, -0.05) is 19.9 Å². The molecule has 0 fully saturated rings. The Morgan fingerprint density at radius 3 is 2.60 bits per heavy atom. The molecular weight excluding hydrogens is 612 g/mol. The van der Waals surface area contributed by atoms with Crippen LogP contribution in [0.4, 0.5) is 36.3 Å². The highest BCUT2D eigenvalue weighted by atomic mass is 31.2. The van der Waals surface area contributed by atoms with Crippen LogP contribution < -0.4 is 20.7 Å². The third-order valence-electron chi connectivity index (χ3n) is 6.91. The normalized spacial score (nSPS) is 18.2. The molecule has 0 spiro atoms. The lowest BCUT2D eigenvalue weighted by molar-refractivity contribution is -0.137. The van der Waals surface area contributed by atoms with Gasteiger partial charge in [0.05, 0.1) is 37.0 Å². The van der Waals surface area contributed by atoms with Crippen molar-refractivity contribution in [3.63, 3.8) is 0 Å². The van der Waals surface area contributed by atoms with E-state index >= 15 is 0 Å². The monoisotopic (exact) mass is 644 g/mol. The smallest absolute Gasteiger partial charge is 0.421 e. The van der Waals surface area contributed by atoms with E-state index in [1.807, 2.05) is 13.8 Å². The van der Waals surface area contributed by atoms with E-state index in [0.717, 1.165) is 0 Å². The lowest BCUT2D eigenvalue weighted by Crippen LogP contribution is -2.25. The maximum absolute atomic E-state index is 14.0. The Labute approximate surface area is 257 Å². The van der Waals surface area contributed by atoms with Gasteiger partial charge < -0.3 is 25.2 Å². The lowest BCUT2D eigenvalue weighted by atomic mass is 9.95. The van der Waals surface area contributed by atoms with Crippen molar-refractivity contribution in [3.8, 4) is 17.0 Å². The second-order valence-electron chi connectivity index (χ2n) is 11.4. The molecule has 0 aliphatic carbocycles. The van der Waals surface area contributed by atoms with Gasteiger partial charge in [-0.3, -0.25) is 14.0 Å². The molecule has 0 saturated heterocycles. The fourth-order valence-electron chi connectivity index (χ4n) is 4.70. The Balaban J connectivity index is 1.65. The summed E-state index contributed by atoms with van der Waals surface area (Å²) in [7, 11) is -0.287. The summed E-state index contributed by atoms with van der Waals surface area (Å²) in [5.41, 5.74) is 0.200. The van der Waals surface area contributed by atoms with Gasteiger partial charge in [-0.15, -0.1) is 0 Å². The molecule has 3 N–H and O–H groups in total. The second kappa shape index (κ2) is 12.1. The van der Waals surface area contributed by atoms with Gasteiger partial charge in [-0.2, -0.15) is 23.3 Å². The van der Waals surface area contributed by atoms with Crippen LogP contribution in [-0.2, 0) is 28.0 Å². The highest BCUT2D eigenvalue weighted by Crippen LogP contribution is 2.48. The minimum Gasteiger partial charge on any atom is -0.495 e. The van der Waals surface area contributed by atoms with Crippen LogP contribution in [-0.4, -0.2) is 58.1 Å². The molecule has 8 bridgehead atoms. The maximum atomic E-state index is 14.0. The van der Waals surface area contributed by atoms with Crippen molar-refractivity contribution in [1.29, 1.82) is 0 Å². The highest BCUT2D eigenvalue weighted by Gasteiger charge is 2.36. The van der Waals surface area contributed by atoms with Crippen LogP contribution in [0.5, 0.6) is 5.75 Å². The van der Waals surface area contributed by atoms with E-state index in [9.17, 15) is 22.5 Å². The van der Waals surface area contributed by atoms with Crippen LogP contribution in [0.2, 0.25) is 0 Å². The van der Waals surface area contributed by atoms with Gasteiger partial charge in [0.2, 0.25) is 13.3 Å². The topological polar surface area (TPSA) is 145 Å². The number of nitrogens with one attached hydrogen (secondary N) is 3. The van der Waals surface area contributed by atoms with Crippen molar-refractivity contribution in [3.05, 3.63) is 65.7 Å². The van der Waals surface area contributed by atoms with Crippen molar-refractivity contribution in [1.82, 2.24) is 30.0 Å². The summed E-state index contributed by atoms with van der Waals surface area (Å²) >= 11 is 0. The number of benzene rings is 1. The Bertz CT molecular complexity index is 1790. The number of halogens is 3. The number of hydrogen-bond donors (Lipinski definition) is 3. The van der Waals surface area contributed by atoms with Crippen molar-refractivity contribution in [2.24, 2.45) is 5.41 Å². The van der Waals surface area contributed by atoms with E-state index in [1.165, 1.54) is 20.2 Å². The van der Waals surface area contributed by atoms with Crippen LogP contribution in [0.15, 0.2) is 48.9 Å². The summed E-state index contributed by atoms with van der Waals surface area (Å²) in [4.78, 5) is 25.3. The van der Waals surface area contributed by atoms with Crippen LogP contribution in [0.25, 0.3) is 11.3 Å². The fourth-order valence-corrected chi connectivity index (χ4v) is 6.27. The number of carbonyl (C=O) groups is 1. The van der Waals surface area contributed by atoms with Crippen molar-refractivity contribution in [2.75, 3.05) is 38.1 Å². The SMILES string of the molecule is CNC(=O)c1nc2ccc1Nc1nc(ncc1C(F)(F)F)Nc1ccc(cc1OC)C[P@@](C)(=O)OCC(C)(C)Cn1cc-2cn1. The molecule has 1 atom stereocenters. The third kappa shape index (κ3) is 7.43. The van der Waals surface area contributed by atoms with E-state index < -0.39 is 36.2 Å². The number of rotatable bonds is 2. The number of methoxy groups -OCH3 is 1. The van der Waals surface area contributed by atoms with Crippen molar-refractivity contribution in [2.45, 2.75) is 32.7 Å². The van der Waals surface area contributed by atoms with Crippen LogP contribution in [0.3, 0.4) is 0 Å². The maximum Gasteiger partial charge on any atom is 0.421 e. The Morgan fingerprint density at radius 2 is 1.89 bits per heavy atom. The Hall–Kier alpha value is -4.49. The molecule has 3 aromatic heterocycles. The van der Waals surface area contributed by atoms with Crippen LogP contribution in [0, 0.1) is 5.41 Å². The predicted octanol–water partition coefficient (Wildman–Crippen LogP) is 6.07. The third-order valence-corrected chi connectivity index (χ3v) is 8.53. The molecule has 4 aliphatic heterocycles. The molecule has 7 heterocycles. The molecule has 1 amide bonds. The zero-order valence-electron chi connectivity index (χ0n) is 25.2. The lowest BCUT2D eigenvalue weighted by Gasteiger charge is -2.26. The largest absolute Gasteiger partial charge is 0.495 e. The molecule has 238 valence electrons. The molecule has 0 unspecified atom stereocenters. The van der Waals surface area contributed by atoms with Crippen molar-refractivity contribution < 1.29 is 31.8 Å². The minimum absolute atomic E-state index is 0.00741. The van der Waals surface area contributed by atoms with Gasteiger partial charge >= 0.3 is 6.18 Å². The summed E-state index contributed by atoms with van der Waals surface area (Å²) in [6, 6.07) is 8.00. The van der Waals surface area contributed by atoms with Gasteiger partial charge in [-0.25, -0.2) is 9.97 Å². The first-order valence-corrected chi connectivity index (χ1v) is 16.0. The molecular formula is C29H32F3N8O4P.